The molecule has 0 unspecified atom stereocenters. The Morgan fingerprint density at radius 2 is 2.16 bits per heavy atom. The number of rotatable bonds is 2. The fourth-order valence-electron chi connectivity index (χ4n) is 1.63. The highest BCUT2D eigenvalue weighted by molar-refractivity contribution is 7.99. The van der Waals surface area contributed by atoms with E-state index in [0.717, 1.165) is 0 Å². The first-order chi connectivity index (χ1) is 9.00. The van der Waals surface area contributed by atoms with Crippen LogP contribution in [0.5, 0.6) is 0 Å². The molecule has 0 aromatic heterocycles. The Morgan fingerprint density at radius 1 is 1.42 bits per heavy atom. The molecule has 2 amide bonds. The van der Waals surface area contributed by atoms with Crippen LogP contribution in [-0.4, -0.2) is 39.7 Å². The number of hydrogen-bond acceptors (Lipinski definition) is 3. The average Bonchev–Trinajstić information content (AvgIpc) is 2.84. The maximum Gasteiger partial charge on any atom is 0.327 e. The van der Waals surface area contributed by atoms with E-state index < -0.39 is 18.0 Å². The van der Waals surface area contributed by atoms with Gasteiger partial charge in [0.25, 0.3) is 0 Å². The minimum Gasteiger partial charge on any atom is -0.480 e. The molecule has 19 heavy (non-hydrogen) atoms. The fourth-order valence-corrected chi connectivity index (χ4v) is 3.13. The van der Waals surface area contributed by atoms with Gasteiger partial charge in [-0.15, -0.1) is 11.8 Å². The molecule has 0 saturated carbocycles. The first-order valence-electron chi connectivity index (χ1n) is 5.33. The summed E-state index contributed by atoms with van der Waals surface area (Å²) >= 11 is 13.2. The predicted molar refractivity (Wildman–Crippen MR) is 76.1 cm³/mol. The molecular formula is C11H10Cl2N2O3S. The Kier molecular flexibility index (Phi) is 4.44. The summed E-state index contributed by atoms with van der Waals surface area (Å²) in [6, 6.07) is 3.54. The lowest BCUT2D eigenvalue weighted by Crippen LogP contribution is -2.44. The molecule has 0 bridgehead atoms. The van der Waals surface area contributed by atoms with Crippen molar-refractivity contribution in [2.24, 2.45) is 0 Å². The summed E-state index contributed by atoms with van der Waals surface area (Å²) in [7, 11) is 0. The van der Waals surface area contributed by atoms with Gasteiger partial charge in [0.05, 0.1) is 21.6 Å². The van der Waals surface area contributed by atoms with Gasteiger partial charge in [0.2, 0.25) is 0 Å². The molecule has 2 rings (SSSR count). The first-order valence-corrected chi connectivity index (χ1v) is 7.24. The van der Waals surface area contributed by atoms with Crippen molar-refractivity contribution in [1.82, 2.24) is 4.90 Å². The molecule has 1 aromatic carbocycles. The SMILES string of the molecule is O=C(O)[C@@H]1CSCN1C(=O)Nc1cccc(Cl)c1Cl. The fraction of sp³-hybridized carbons (Fsp3) is 0.273. The van der Waals surface area contributed by atoms with E-state index in [0.29, 0.717) is 22.3 Å². The normalized spacial score (nSPS) is 18.4. The second-order valence-electron chi connectivity index (χ2n) is 3.86. The van der Waals surface area contributed by atoms with Crippen molar-refractivity contribution in [2.45, 2.75) is 6.04 Å². The number of anilines is 1. The molecule has 1 aliphatic heterocycles. The Balaban J connectivity index is 2.13. The van der Waals surface area contributed by atoms with Crippen LogP contribution in [0.15, 0.2) is 18.2 Å². The zero-order chi connectivity index (χ0) is 14.0. The zero-order valence-corrected chi connectivity index (χ0v) is 11.9. The van der Waals surface area contributed by atoms with Gasteiger partial charge in [0, 0.05) is 5.75 Å². The second kappa shape index (κ2) is 5.90. The molecule has 1 heterocycles. The number of carboxylic acids is 1. The average molecular weight is 321 g/mol. The molecule has 0 spiro atoms. The first kappa shape index (κ1) is 14.3. The molecular weight excluding hydrogens is 311 g/mol. The topological polar surface area (TPSA) is 69.6 Å². The largest absolute Gasteiger partial charge is 0.480 e. The van der Waals surface area contributed by atoms with Crippen molar-refractivity contribution < 1.29 is 14.7 Å². The van der Waals surface area contributed by atoms with Gasteiger partial charge in [-0.3, -0.25) is 0 Å². The van der Waals surface area contributed by atoms with Gasteiger partial charge in [-0.2, -0.15) is 0 Å². The van der Waals surface area contributed by atoms with Crippen LogP contribution >= 0.6 is 35.0 Å². The smallest absolute Gasteiger partial charge is 0.327 e. The number of carboxylic acid groups (broad SMARTS) is 1. The van der Waals surface area contributed by atoms with Crippen LogP contribution in [0.1, 0.15) is 0 Å². The van der Waals surface area contributed by atoms with E-state index in [4.69, 9.17) is 28.3 Å². The van der Waals surface area contributed by atoms with Crippen molar-refractivity contribution in [3.05, 3.63) is 28.2 Å². The number of nitrogens with zero attached hydrogens (tertiary/aromatic N) is 1. The molecule has 1 fully saturated rings. The van der Waals surface area contributed by atoms with Crippen LogP contribution in [0, 0.1) is 0 Å². The van der Waals surface area contributed by atoms with Crippen LogP contribution in [0.25, 0.3) is 0 Å². The van der Waals surface area contributed by atoms with E-state index in [1.165, 1.54) is 16.7 Å². The number of urea groups is 1. The summed E-state index contributed by atoms with van der Waals surface area (Å²) in [5, 5.41) is 12.1. The predicted octanol–water partition coefficient (Wildman–Crippen LogP) is 2.98. The van der Waals surface area contributed by atoms with Gasteiger partial charge >= 0.3 is 12.0 Å². The van der Waals surface area contributed by atoms with E-state index >= 15 is 0 Å². The summed E-state index contributed by atoms with van der Waals surface area (Å²) in [6.45, 7) is 0. The third-order valence-corrected chi connectivity index (χ3v) is 4.45. The number of thioether (sulfide) groups is 1. The van der Waals surface area contributed by atoms with Crippen molar-refractivity contribution in [3.63, 3.8) is 0 Å². The number of nitrogens with one attached hydrogen (secondary N) is 1. The number of benzene rings is 1. The van der Waals surface area contributed by atoms with E-state index in [-0.39, 0.29) is 5.02 Å². The maximum absolute atomic E-state index is 12.0. The van der Waals surface area contributed by atoms with Crippen LogP contribution in [0.3, 0.4) is 0 Å². The molecule has 0 radical (unpaired) electrons. The minimum absolute atomic E-state index is 0.233. The van der Waals surface area contributed by atoms with Crippen molar-refractivity contribution >= 4 is 52.7 Å². The Bertz CT molecular complexity index is 527. The van der Waals surface area contributed by atoms with Gasteiger partial charge in [-0.05, 0) is 12.1 Å². The quantitative estimate of drug-likeness (QED) is 0.878. The summed E-state index contributed by atoms with van der Waals surface area (Å²) in [6.07, 6.45) is 0. The molecule has 1 atom stereocenters. The van der Waals surface area contributed by atoms with E-state index in [1.807, 2.05) is 0 Å². The highest BCUT2D eigenvalue weighted by atomic mass is 35.5. The molecule has 1 aromatic rings. The van der Waals surface area contributed by atoms with Gasteiger partial charge < -0.3 is 15.3 Å². The number of amides is 2. The van der Waals surface area contributed by atoms with Crippen molar-refractivity contribution in [3.8, 4) is 0 Å². The molecule has 0 aliphatic carbocycles. The lowest BCUT2D eigenvalue weighted by atomic mass is 10.3. The van der Waals surface area contributed by atoms with Crippen LogP contribution in [-0.2, 0) is 4.79 Å². The van der Waals surface area contributed by atoms with Crippen molar-refractivity contribution in [2.75, 3.05) is 16.9 Å². The van der Waals surface area contributed by atoms with Gasteiger partial charge in [0.1, 0.15) is 6.04 Å². The monoisotopic (exact) mass is 320 g/mol. The zero-order valence-electron chi connectivity index (χ0n) is 9.60. The highest BCUT2D eigenvalue weighted by Crippen LogP contribution is 2.30. The minimum atomic E-state index is -1.02. The lowest BCUT2D eigenvalue weighted by Gasteiger charge is -2.21. The highest BCUT2D eigenvalue weighted by Gasteiger charge is 2.34. The third kappa shape index (κ3) is 3.08. The summed E-state index contributed by atoms with van der Waals surface area (Å²) in [4.78, 5) is 24.3. The molecule has 1 saturated heterocycles. The Hall–Kier alpha value is -1.11. The number of aliphatic carboxylic acids is 1. The van der Waals surface area contributed by atoms with Crippen LogP contribution < -0.4 is 5.32 Å². The number of hydrogen-bond donors (Lipinski definition) is 2. The molecule has 102 valence electrons. The van der Waals surface area contributed by atoms with E-state index in [1.54, 1.807) is 18.2 Å². The second-order valence-corrected chi connectivity index (χ2v) is 5.64. The Morgan fingerprint density at radius 3 is 2.84 bits per heavy atom. The van der Waals surface area contributed by atoms with Crippen LogP contribution in [0.4, 0.5) is 10.5 Å². The van der Waals surface area contributed by atoms with E-state index in [2.05, 4.69) is 5.32 Å². The standard InChI is InChI=1S/C11H10Cl2N2O3S/c12-6-2-1-3-7(9(6)13)14-11(18)15-5-19-4-8(15)10(16)17/h1-3,8H,4-5H2,(H,14,18)(H,16,17)/t8-/m0/s1. The Labute approximate surface area is 123 Å². The van der Waals surface area contributed by atoms with Gasteiger partial charge in [0.15, 0.2) is 0 Å². The molecule has 8 heteroatoms. The van der Waals surface area contributed by atoms with Gasteiger partial charge in [-0.25, -0.2) is 9.59 Å². The maximum atomic E-state index is 12.0. The summed E-state index contributed by atoms with van der Waals surface area (Å²) in [5.74, 6) is -0.301. The third-order valence-electron chi connectivity index (χ3n) is 2.62. The van der Waals surface area contributed by atoms with Crippen molar-refractivity contribution in [1.29, 1.82) is 0 Å². The molecule has 1 aliphatic rings. The van der Waals surface area contributed by atoms with Crippen LogP contribution in [0.2, 0.25) is 10.0 Å². The lowest BCUT2D eigenvalue weighted by molar-refractivity contribution is -0.140. The number of carbonyl (C=O) groups excluding carboxylic acids is 1. The number of halogens is 2. The summed E-state index contributed by atoms with van der Waals surface area (Å²) in [5.41, 5.74) is 0.361. The van der Waals surface area contributed by atoms with E-state index in [9.17, 15) is 9.59 Å². The molecule has 2 N–H and O–H groups in total. The molecule has 5 nitrogen and oxygen atoms in total. The number of carbonyl (C=O) groups is 2. The van der Waals surface area contributed by atoms with Gasteiger partial charge in [-0.1, -0.05) is 29.3 Å². The summed E-state index contributed by atoms with van der Waals surface area (Å²) < 4.78 is 0.